The Morgan fingerprint density at radius 1 is 1.29 bits per heavy atom. The minimum Gasteiger partial charge on any atom is -0.394 e. The maximum absolute atomic E-state index is 11.7. The molecule has 0 heterocycles. The largest absolute Gasteiger partial charge is 0.394 e. The van der Waals surface area contributed by atoms with Crippen molar-refractivity contribution in [1.82, 2.24) is 10.6 Å². The molecule has 2 bridgehead atoms. The second kappa shape index (κ2) is 5.25. The minimum absolute atomic E-state index is 0.0179. The molecule has 4 heteroatoms. The summed E-state index contributed by atoms with van der Waals surface area (Å²) in [4.78, 5) is 11.7. The van der Waals surface area contributed by atoms with Crippen molar-refractivity contribution in [3.63, 3.8) is 0 Å². The van der Waals surface area contributed by atoms with E-state index in [9.17, 15) is 4.79 Å². The fraction of sp³-hybridized carbons (Fsp3) is 0.923. The van der Waals surface area contributed by atoms with Crippen LogP contribution in [0.1, 0.15) is 39.5 Å². The first-order valence-corrected chi connectivity index (χ1v) is 6.78. The molecule has 98 valence electrons. The zero-order valence-corrected chi connectivity index (χ0v) is 10.8. The first-order chi connectivity index (χ1) is 8.10. The number of carbonyl (C=O) groups excluding carboxylic acids is 1. The molecule has 0 aromatic heterocycles. The third-order valence-corrected chi connectivity index (χ3v) is 4.45. The molecule has 2 saturated carbocycles. The normalized spacial score (nSPS) is 34.4. The molecule has 0 aromatic rings. The Morgan fingerprint density at radius 3 is 2.59 bits per heavy atom. The van der Waals surface area contributed by atoms with E-state index in [-0.39, 0.29) is 24.7 Å². The second-order valence-corrected chi connectivity index (χ2v) is 5.83. The van der Waals surface area contributed by atoms with E-state index in [0.29, 0.717) is 5.92 Å². The average molecular weight is 240 g/mol. The van der Waals surface area contributed by atoms with Crippen LogP contribution in [0.15, 0.2) is 0 Å². The van der Waals surface area contributed by atoms with Gasteiger partial charge in [0.05, 0.1) is 12.6 Å². The number of rotatable bonds is 4. The number of hydrogen-bond donors (Lipinski definition) is 3. The smallest absolute Gasteiger partial charge is 0.315 e. The van der Waals surface area contributed by atoms with Crippen LogP contribution >= 0.6 is 0 Å². The van der Waals surface area contributed by atoms with Crippen molar-refractivity contribution in [2.75, 3.05) is 6.61 Å². The van der Waals surface area contributed by atoms with Gasteiger partial charge < -0.3 is 15.7 Å². The molecular weight excluding hydrogens is 216 g/mol. The standard InChI is InChI=1S/C13H24N2O2/c1-8(7-16)14-13(17)15-9(2)12-6-10-3-4-11(12)5-10/h8-12,16H,3-7H2,1-2H3,(H2,14,15,17). The van der Waals surface area contributed by atoms with Gasteiger partial charge in [-0.25, -0.2) is 4.79 Å². The second-order valence-electron chi connectivity index (χ2n) is 5.83. The Bertz CT molecular complexity index is 283. The fourth-order valence-electron chi connectivity index (χ4n) is 3.53. The number of hydrogen-bond acceptors (Lipinski definition) is 2. The summed E-state index contributed by atoms with van der Waals surface area (Å²) in [5, 5.41) is 14.6. The van der Waals surface area contributed by atoms with Gasteiger partial charge in [-0.15, -0.1) is 0 Å². The molecule has 0 aromatic carbocycles. The van der Waals surface area contributed by atoms with Crippen molar-refractivity contribution >= 4 is 6.03 Å². The van der Waals surface area contributed by atoms with Crippen LogP contribution in [-0.2, 0) is 0 Å². The Balaban J connectivity index is 1.77. The van der Waals surface area contributed by atoms with Gasteiger partial charge in [-0.3, -0.25) is 0 Å². The number of amides is 2. The van der Waals surface area contributed by atoms with Gasteiger partial charge in [-0.2, -0.15) is 0 Å². The van der Waals surface area contributed by atoms with Crippen LogP contribution in [0.2, 0.25) is 0 Å². The van der Waals surface area contributed by atoms with E-state index in [1.54, 1.807) is 6.92 Å². The lowest BCUT2D eigenvalue weighted by Crippen LogP contribution is -2.48. The summed E-state index contributed by atoms with van der Waals surface area (Å²) in [5.74, 6) is 2.39. The van der Waals surface area contributed by atoms with E-state index in [4.69, 9.17) is 5.11 Å². The maximum atomic E-state index is 11.7. The van der Waals surface area contributed by atoms with Crippen molar-refractivity contribution in [1.29, 1.82) is 0 Å². The van der Waals surface area contributed by atoms with E-state index in [1.807, 2.05) is 0 Å². The predicted molar refractivity (Wildman–Crippen MR) is 66.6 cm³/mol. The lowest BCUT2D eigenvalue weighted by atomic mass is 9.84. The third kappa shape index (κ3) is 2.92. The molecule has 5 unspecified atom stereocenters. The molecule has 0 saturated heterocycles. The van der Waals surface area contributed by atoms with Crippen LogP contribution < -0.4 is 10.6 Å². The van der Waals surface area contributed by atoms with Crippen LogP contribution in [0, 0.1) is 17.8 Å². The Kier molecular flexibility index (Phi) is 3.92. The zero-order chi connectivity index (χ0) is 12.4. The first kappa shape index (κ1) is 12.7. The molecule has 0 spiro atoms. The van der Waals surface area contributed by atoms with Crippen LogP contribution in [0.3, 0.4) is 0 Å². The van der Waals surface area contributed by atoms with E-state index in [2.05, 4.69) is 17.6 Å². The quantitative estimate of drug-likeness (QED) is 0.697. The van der Waals surface area contributed by atoms with Crippen molar-refractivity contribution in [2.45, 2.75) is 51.6 Å². The van der Waals surface area contributed by atoms with Gasteiger partial charge in [0.15, 0.2) is 0 Å². The number of aliphatic hydroxyl groups excluding tert-OH is 1. The Morgan fingerprint density at radius 2 is 2.06 bits per heavy atom. The van der Waals surface area contributed by atoms with Crippen molar-refractivity contribution in [3.8, 4) is 0 Å². The molecule has 2 rings (SSSR count). The molecule has 2 aliphatic rings. The van der Waals surface area contributed by atoms with Crippen molar-refractivity contribution in [3.05, 3.63) is 0 Å². The molecule has 0 aliphatic heterocycles. The van der Waals surface area contributed by atoms with Crippen molar-refractivity contribution in [2.24, 2.45) is 17.8 Å². The van der Waals surface area contributed by atoms with Gasteiger partial charge in [0.2, 0.25) is 0 Å². The van der Waals surface area contributed by atoms with Crippen LogP contribution in [0.25, 0.3) is 0 Å². The number of urea groups is 1. The highest BCUT2D eigenvalue weighted by Crippen LogP contribution is 2.49. The lowest BCUT2D eigenvalue weighted by Gasteiger charge is -2.28. The van der Waals surface area contributed by atoms with E-state index in [1.165, 1.54) is 25.7 Å². The summed E-state index contributed by atoms with van der Waals surface area (Å²) < 4.78 is 0. The number of fused-ring (bicyclic) bond motifs is 2. The summed E-state index contributed by atoms with van der Waals surface area (Å²) in [6.45, 7) is 3.88. The van der Waals surface area contributed by atoms with Gasteiger partial charge in [0.1, 0.15) is 0 Å². The number of carbonyl (C=O) groups is 1. The fourth-order valence-corrected chi connectivity index (χ4v) is 3.53. The molecule has 2 amide bonds. The predicted octanol–water partition coefficient (Wildman–Crippen LogP) is 1.49. The highest BCUT2D eigenvalue weighted by molar-refractivity contribution is 5.74. The number of nitrogens with one attached hydrogen (secondary N) is 2. The summed E-state index contributed by atoms with van der Waals surface area (Å²) in [6.07, 6.45) is 5.38. The summed E-state index contributed by atoms with van der Waals surface area (Å²) in [6, 6.07) is -0.0831. The average Bonchev–Trinajstić information content (AvgIpc) is 2.90. The topological polar surface area (TPSA) is 61.4 Å². The van der Waals surface area contributed by atoms with Gasteiger partial charge in [-0.05, 0) is 50.9 Å². The highest BCUT2D eigenvalue weighted by atomic mass is 16.3. The monoisotopic (exact) mass is 240 g/mol. The van der Waals surface area contributed by atoms with E-state index >= 15 is 0 Å². The summed E-state index contributed by atoms with van der Waals surface area (Å²) >= 11 is 0. The summed E-state index contributed by atoms with van der Waals surface area (Å²) in [7, 11) is 0. The zero-order valence-electron chi connectivity index (χ0n) is 10.8. The number of aliphatic hydroxyl groups is 1. The Hall–Kier alpha value is -0.770. The molecule has 4 nitrogen and oxygen atoms in total. The van der Waals surface area contributed by atoms with Crippen molar-refractivity contribution < 1.29 is 9.90 Å². The minimum atomic E-state index is -0.178. The molecule has 5 atom stereocenters. The van der Waals surface area contributed by atoms with Crippen LogP contribution in [0.5, 0.6) is 0 Å². The molecule has 2 fully saturated rings. The maximum Gasteiger partial charge on any atom is 0.315 e. The summed E-state index contributed by atoms with van der Waals surface area (Å²) in [5.41, 5.74) is 0. The molecule has 2 aliphatic carbocycles. The van der Waals surface area contributed by atoms with Gasteiger partial charge in [0.25, 0.3) is 0 Å². The molecule has 3 N–H and O–H groups in total. The molecular formula is C13H24N2O2. The lowest BCUT2D eigenvalue weighted by molar-refractivity contribution is 0.206. The first-order valence-electron chi connectivity index (χ1n) is 6.78. The SMILES string of the molecule is CC(CO)NC(=O)NC(C)C1CC2CCC1C2. The Labute approximate surface area is 103 Å². The van der Waals surface area contributed by atoms with E-state index < -0.39 is 0 Å². The molecule has 0 radical (unpaired) electrons. The van der Waals surface area contributed by atoms with Crippen LogP contribution in [-0.4, -0.2) is 29.8 Å². The van der Waals surface area contributed by atoms with Gasteiger partial charge >= 0.3 is 6.03 Å². The van der Waals surface area contributed by atoms with Gasteiger partial charge in [-0.1, -0.05) is 6.42 Å². The molecule has 17 heavy (non-hydrogen) atoms. The highest BCUT2D eigenvalue weighted by Gasteiger charge is 2.42. The van der Waals surface area contributed by atoms with Gasteiger partial charge in [0, 0.05) is 6.04 Å². The van der Waals surface area contributed by atoms with E-state index in [0.717, 1.165) is 11.8 Å². The van der Waals surface area contributed by atoms with Crippen LogP contribution in [0.4, 0.5) is 4.79 Å². The third-order valence-electron chi connectivity index (χ3n) is 4.45.